The minimum Gasteiger partial charge on any atom is -0.274 e. The fourth-order valence-electron chi connectivity index (χ4n) is 1.99. The van der Waals surface area contributed by atoms with E-state index in [0.29, 0.717) is 6.04 Å². The molecule has 0 radical (unpaired) electrons. The van der Waals surface area contributed by atoms with Gasteiger partial charge >= 0.3 is 0 Å². The smallest absolute Gasteiger partial charge is 0.0783 e. The van der Waals surface area contributed by atoms with Crippen molar-refractivity contribution in [1.82, 2.24) is 0 Å². The highest BCUT2D eigenvalue weighted by atomic mass is 32.2. The van der Waals surface area contributed by atoms with Crippen LogP contribution < -0.4 is 0 Å². The van der Waals surface area contributed by atoms with E-state index < -0.39 is 0 Å². The summed E-state index contributed by atoms with van der Waals surface area (Å²) >= 11 is 1.98. The van der Waals surface area contributed by atoms with Gasteiger partial charge in [0.05, 0.1) is 11.1 Å². The molecule has 0 saturated heterocycles. The number of allylic oxidation sites excluding steroid dienone is 3. The molecule has 1 heterocycles. The van der Waals surface area contributed by atoms with E-state index in [1.807, 2.05) is 11.8 Å². The number of nitrogens with zero attached hydrogens (tertiary/aromatic N) is 1. The second-order valence-corrected chi connectivity index (χ2v) is 5.78. The molecule has 16 heavy (non-hydrogen) atoms. The van der Waals surface area contributed by atoms with Crippen LogP contribution in [0.25, 0.3) is 0 Å². The Hall–Kier alpha value is -0.500. The van der Waals surface area contributed by atoms with E-state index in [1.54, 1.807) is 0 Å². The first-order valence-corrected chi connectivity index (χ1v) is 7.28. The lowest BCUT2D eigenvalue weighted by Crippen LogP contribution is -1.97. The molecule has 88 valence electrons. The largest absolute Gasteiger partial charge is 0.274 e. The van der Waals surface area contributed by atoms with Crippen LogP contribution in [-0.2, 0) is 0 Å². The van der Waals surface area contributed by atoms with Crippen LogP contribution in [0.4, 0.5) is 0 Å². The van der Waals surface area contributed by atoms with E-state index in [9.17, 15) is 0 Å². The van der Waals surface area contributed by atoms with Gasteiger partial charge in [0.25, 0.3) is 0 Å². The first-order valence-electron chi connectivity index (χ1n) is 6.29. The average Bonchev–Trinajstić information content (AvgIpc) is 2.83. The molecule has 2 heteroatoms. The van der Waals surface area contributed by atoms with Crippen molar-refractivity contribution >= 4 is 16.8 Å². The molecule has 0 N–H and O–H groups in total. The topological polar surface area (TPSA) is 12.4 Å². The van der Waals surface area contributed by atoms with Crippen molar-refractivity contribution in [3.63, 3.8) is 0 Å². The Morgan fingerprint density at radius 1 is 1.38 bits per heavy atom. The van der Waals surface area contributed by atoms with Gasteiger partial charge in [-0.3, -0.25) is 4.99 Å². The molecule has 0 aromatic carbocycles. The van der Waals surface area contributed by atoms with Gasteiger partial charge < -0.3 is 0 Å². The van der Waals surface area contributed by atoms with Gasteiger partial charge in [-0.2, -0.15) is 0 Å². The highest BCUT2D eigenvalue weighted by Gasteiger charge is 2.39. The SMILES string of the molecule is C/C=C/CC/C=C\[C@@H]1CSC([C@@H]2C[C@@H]2C)=N1. The summed E-state index contributed by atoms with van der Waals surface area (Å²) in [6.07, 6.45) is 12.6. The molecule has 1 nitrogen and oxygen atoms in total. The zero-order valence-corrected chi connectivity index (χ0v) is 11.0. The molecule has 2 rings (SSSR count). The van der Waals surface area contributed by atoms with Gasteiger partial charge in [-0.05, 0) is 32.1 Å². The molecule has 0 spiro atoms. The van der Waals surface area contributed by atoms with Gasteiger partial charge in [-0.15, -0.1) is 11.8 Å². The van der Waals surface area contributed by atoms with Crippen LogP contribution in [0.15, 0.2) is 29.3 Å². The van der Waals surface area contributed by atoms with Crippen LogP contribution >= 0.6 is 11.8 Å². The molecule has 1 fully saturated rings. The van der Waals surface area contributed by atoms with Gasteiger partial charge in [0.2, 0.25) is 0 Å². The first-order chi connectivity index (χ1) is 7.81. The van der Waals surface area contributed by atoms with Gasteiger partial charge in [-0.25, -0.2) is 0 Å². The lowest BCUT2D eigenvalue weighted by atomic mass is 10.2. The number of hydrogen-bond acceptors (Lipinski definition) is 2. The lowest BCUT2D eigenvalue weighted by molar-refractivity contribution is 0.906. The van der Waals surface area contributed by atoms with Crippen LogP contribution in [0.3, 0.4) is 0 Å². The van der Waals surface area contributed by atoms with Gasteiger partial charge in [-0.1, -0.05) is 31.2 Å². The summed E-state index contributed by atoms with van der Waals surface area (Å²) in [7, 11) is 0. The zero-order chi connectivity index (χ0) is 11.4. The number of hydrogen-bond donors (Lipinski definition) is 0. The lowest BCUT2D eigenvalue weighted by Gasteiger charge is -1.95. The Morgan fingerprint density at radius 2 is 2.12 bits per heavy atom. The summed E-state index contributed by atoms with van der Waals surface area (Å²) in [6, 6.07) is 0.457. The van der Waals surface area contributed by atoms with Gasteiger partial charge in [0, 0.05) is 11.7 Å². The van der Waals surface area contributed by atoms with Crippen LogP contribution in [0.5, 0.6) is 0 Å². The third kappa shape index (κ3) is 3.24. The number of aliphatic imine (C=N–C) groups is 1. The van der Waals surface area contributed by atoms with Crippen molar-refractivity contribution in [1.29, 1.82) is 0 Å². The summed E-state index contributed by atoms with van der Waals surface area (Å²) in [6.45, 7) is 4.40. The molecule has 1 saturated carbocycles. The van der Waals surface area contributed by atoms with Crippen molar-refractivity contribution in [2.24, 2.45) is 16.8 Å². The summed E-state index contributed by atoms with van der Waals surface area (Å²) in [4.78, 5) is 4.79. The molecule has 3 atom stereocenters. The minimum absolute atomic E-state index is 0.457. The van der Waals surface area contributed by atoms with E-state index in [0.717, 1.165) is 24.7 Å². The fraction of sp³-hybridized carbons (Fsp3) is 0.643. The van der Waals surface area contributed by atoms with Crippen LogP contribution in [0.1, 0.15) is 33.1 Å². The maximum absolute atomic E-state index is 4.79. The molecular weight excluding hydrogens is 214 g/mol. The van der Waals surface area contributed by atoms with Crippen LogP contribution in [0, 0.1) is 11.8 Å². The minimum atomic E-state index is 0.457. The van der Waals surface area contributed by atoms with Crippen LogP contribution in [-0.4, -0.2) is 16.8 Å². The van der Waals surface area contributed by atoms with Crippen molar-refractivity contribution in [2.45, 2.75) is 39.2 Å². The molecule has 0 aromatic heterocycles. The van der Waals surface area contributed by atoms with Crippen molar-refractivity contribution in [3.05, 3.63) is 24.3 Å². The van der Waals surface area contributed by atoms with E-state index in [4.69, 9.17) is 4.99 Å². The second-order valence-electron chi connectivity index (χ2n) is 4.74. The monoisotopic (exact) mass is 235 g/mol. The fourth-order valence-corrected chi connectivity index (χ4v) is 3.27. The third-order valence-electron chi connectivity index (χ3n) is 3.22. The van der Waals surface area contributed by atoms with Crippen molar-refractivity contribution < 1.29 is 0 Å². The standard InChI is InChI=1S/C14H21NS/c1-3-4-5-6-7-8-12-10-16-14(15-12)13-9-11(13)2/h3-4,7-8,11-13H,5-6,9-10H2,1-2H3/b4-3+,8-7-/t11-,12+,13+/m0/s1. The maximum Gasteiger partial charge on any atom is 0.0783 e. The average molecular weight is 235 g/mol. The second kappa shape index (κ2) is 5.72. The molecular formula is C14H21NS. The Bertz CT molecular complexity index is 317. The Labute approximate surface area is 103 Å². The Kier molecular flexibility index (Phi) is 4.28. The normalized spacial score (nSPS) is 33.9. The molecule has 0 amide bonds. The number of unbranched alkanes of at least 4 members (excludes halogenated alkanes) is 1. The first kappa shape index (κ1) is 12.0. The van der Waals surface area contributed by atoms with Crippen molar-refractivity contribution in [3.8, 4) is 0 Å². The Morgan fingerprint density at radius 3 is 2.81 bits per heavy atom. The van der Waals surface area contributed by atoms with E-state index >= 15 is 0 Å². The summed E-state index contributed by atoms with van der Waals surface area (Å²) in [5.74, 6) is 2.87. The zero-order valence-electron chi connectivity index (χ0n) is 10.2. The quantitative estimate of drug-likeness (QED) is 0.517. The molecule has 2 aliphatic rings. The summed E-state index contributed by atoms with van der Waals surface area (Å²) in [5.41, 5.74) is 0. The Balaban J connectivity index is 1.73. The highest BCUT2D eigenvalue weighted by Crippen LogP contribution is 2.44. The van der Waals surface area contributed by atoms with Gasteiger partial charge in [0.1, 0.15) is 0 Å². The van der Waals surface area contributed by atoms with E-state index in [2.05, 4.69) is 38.2 Å². The maximum atomic E-state index is 4.79. The third-order valence-corrected chi connectivity index (χ3v) is 4.43. The number of thioether (sulfide) groups is 1. The summed E-state index contributed by atoms with van der Waals surface area (Å²) < 4.78 is 0. The molecule has 0 aromatic rings. The molecule has 0 unspecified atom stereocenters. The van der Waals surface area contributed by atoms with Crippen molar-refractivity contribution in [2.75, 3.05) is 5.75 Å². The predicted octanol–water partition coefficient (Wildman–Crippen LogP) is 4.07. The van der Waals surface area contributed by atoms with E-state index in [1.165, 1.54) is 17.2 Å². The van der Waals surface area contributed by atoms with Gasteiger partial charge in [0.15, 0.2) is 0 Å². The number of rotatable bonds is 5. The molecule has 1 aliphatic heterocycles. The predicted molar refractivity (Wildman–Crippen MR) is 74.1 cm³/mol. The molecule has 1 aliphatic carbocycles. The highest BCUT2D eigenvalue weighted by molar-refractivity contribution is 8.14. The summed E-state index contributed by atoms with van der Waals surface area (Å²) in [5, 5.41) is 1.43. The van der Waals surface area contributed by atoms with Crippen LogP contribution in [0.2, 0.25) is 0 Å². The van der Waals surface area contributed by atoms with E-state index in [-0.39, 0.29) is 0 Å². The molecule has 0 bridgehead atoms.